The second-order valence-electron chi connectivity index (χ2n) is 2.96. The molecule has 1 aromatic rings. The second-order valence-corrected chi connectivity index (χ2v) is 3.82. The summed E-state index contributed by atoms with van der Waals surface area (Å²) in [5.74, 6) is -5.59. The standard InChI is InChI=1S/C10H8BrFO5/c1-2-17-10(16)9(15)6-4(11)3-5(12)7(13)8(6)14/h3,13-14H,2H2,1H3. The molecule has 0 aliphatic heterocycles. The lowest BCUT2D eigenvalue weighted by Gasteiger charge is -2.08. The summed E-state index contributed by atoms with van der Waals surface area (Å²) in [5, 5.41) is 18.5. The van der Waals surface area contributed by atoms with Crippen molar-refractivity contribution in [1.29, 1.82) is 0 Å². The maximum absolute atomic E-state index is 13.0. The highest BCUT2D eigenvalue weighted by molar-refractivity contribution is 9.10. The van der Waals surface area contributed by atoms with Crippen molar-refractivity contribution in [2.75, 3.05) is 6.61 Å². The average molecular weight is 307 g/mol. The fourth-order valence-corrected chi connectivity index (χ4v) is 1.68. The van der Waals surface area contributed by atoms with E-state index in [9.17, 15) is 19.1 Å². The first-order chi connectivity index (χ1) is 7.90. The molecule has 0 bridgehead atoms. The van der Waals surface area contributed by atoms with Gasteiger partial charge in [0.1, 0.15) is 0 Å². The van der Waals surface area contributed by atoms with Gasteiger partial charge in [-0.05, 0) is 28.9 Å². The summed E-state index contributed by atoms with van der Waals surface area (Å²) >= 11 is 2.81. The summed E-state index contributed by atoms with van der Waals surface area (Å²) in [6.45, 7) is 1.48. The Kier molecular flexibility index (Phi) is 4.06. The number of esters is 1. The highest BCUT2D eigenvalue weighted by Crippen LogP contribution is 2.37. The number of Topliss-reactive ketones (excluding diaryl/α,β-unsaturated/α-hetero) is 1. The largest absolute Gasteiger partial charge is 0.504 e. The van der Waals surface area contributed by atoms with E-state index < -0.39 is 34.6 Å². The number of carbonyl (C=O) groups is 2. The summed E-state index contributed by atoms with van der Waals surface area (Å²) in [5.41, 5.74) is -0.539. The van der Waals surface area contributed by atoms with Gasteiger partial charge in [0.05, 0.1) is 12.2 Å². The third kappa shape index (κ3) is 2.55. The van der Waals surface area contributed by atoms with E-state index in [0.717, 1.165) is 6.07 Å². The predicted molar refractivity (Wildman–Crippen MR) is 58.4 cm³/mol. The number of phenolic OH excluding ortho intramolecular Hbond substituents is 2. The van der Waals surface area contributed by atoms with E-state index in [2.05, 4.69) is 20.7 Å². The minimum atomic E-state index is -1.20. The van der Waals surface area contributed by atoms with Crippen LogP contribution in [0.4, 0.5) is 4.39 Å². The lowest BCUT2D eigenvalue weighted by atomic mass is 10.1. The number of phenols is 2. The van der Waals surface area contributed by atoms with Gasteiger partial charge in [-0.15, -0.1) is 0 Å². The summed E-state index contributed by atoms with van der Waals surface area (Å²) in [7, 11) is 0. The van der Waals surface area contributed by atoms with Crippen molar-refractivity contribution in [2.24, 2.45) is 0 Å². The first-order valence-electron chi connectivity index (χ1n) is 4.51. The lowest BCUT2D eigenvalue weighted by Crippen LogP contribution is -2.18. The Labute approximate surface area is 104 Å². The predicted octanol–water partition coefficient (Wildman–Crippen LogP) is 1.75. The molecule has 7 heteroatoms. The Hall–Kier alpha value is -1.63. The van der Waals surface area contributed by atoms with Gasteiger partial charge in [-0.3, -0.25) is 4.79 Å². The van der Waals surface area contributed by atoms with Crippen LogP contribution in [0.2, 0.25) is 0 Å². The number of ketones is 1. The molecule has 0 radical (unpaired) electrons. The van der Waals surface area contributed by atoms with Crippen LogP contribution in [0, 0.1) is 5.82 Å². The van der Waals surface area contributed by atoms with Crippen LogP contribution < -0.4 is 0 Å². The van der Waals surface area contributed by atoms with Crippen LogP contribution in [0.5, 0.6) is 11.5 Å². The molecule has 2 N–H and O–H groups in total. The Balaban J connectivity index is 3.28. The molecule has 1 rings (SSSR count). The van der Waals surface area contributed by atoms with Crippen LogP contribution in [0.1, 0.15) is 17.3 Å². The molecule has 0 aliphatic rings. The minimum Gasteiger partial charge on any atom is -0.504 e. The van der Waals surface area contributed by atoms with Crippen molar-refractivity contribution >= 4 is 27.7 Å². The number of carbonyl (C=O) groups excluding carboxylic acids is 2. The molecule has 92 valence electrons. The molecule has 0 saturated heterocycles. The number of halogens is 2. The van der Waals surface area contributed by atoms with Crippen LogP contribution in [0.15, 0.2) is 10.5 Å². The summed E-state index contributed by atoms with van der Waals surface area (Å²) in [6.07, 6.45) is 0. The van der Waals surface area contributed by atoms with Crippen molar-refractivity contribution in [3.63, 3.8) is 0 Å². The summed E-state index contributed by atoms with van der Waals surface area (Å²) < 4.78 is 17.3. The number of ether oxygens (including phenoxy) is 1. The molecule has 5 nitrogen and oxygen atoms in total. The lowest BCUT2D eigenvalue weighted by molar-refractivity contribution is -0.137. The zero-order valence-corrected chi connectivity index (χ0v) is 10.2. The molecule has 0 spiro atoms. The third-order valence-corrected chi connectivity index (χ3v) is 2.49. The van der Waals surface area contributed by atoms with Crippen molar-refractivity contribution in [2.45, 2.75) is 6.92 Å². The molecule has 0 aromatic heterocycles. The smallest absolute Gasteiger partial charge is 0.379 e. The normalized spacial score (nSPS) is 10.1. The van der Waals surface area contributed by atoms with Gasteiger partial charge in [0, 0.05) is 4.47 Å². The topological polar surface area (TPSA) is 83.8 Å². The van der Waals surface area contributed by atoms with Crippen LogP contribution in [-0.4, -0.2) is 28.6 Å². The van der Waals surface area contributed by atoms with E-state index >= 15 is 0 Å². The minimum absolute atomic E-state index is 0.0177. The molecular weight excluding hydrogens is 299 g/mol. The quantitative estimate of drug-likeness (QED) is 0.385. The van der Waals surface area contributed by atoms with E-state index in [1.165, 1.54) is 6.92 Å². The van der Waals surface area contributed by atoms with Crippen molar-refractivity contribution < 1.29 is 28.9 Å². The summed E-state index contributed by atoms with van der Waals surface area (Å²) in [4.78, 5) is 22.7. The van der Waals surface area contributed by atoms with E-state index in [4.69, 9.17) is 5.11 Å². The Morgan fingerprint density at radius 1 is 1.41 bits per heavy atom. The number of rotatable bonds is 3. The maximum Gasteiger partial charge on any atom is 0.379 e. The molecule has 0 atom stereocenters. The van der Waals surface area contributed by atoms with Crippen LogP contribution in [-0.2, 0) is 9.53 Å². The Morgan fingerprint density at radius 2 is 2.00 bits per heavy atom. The van der Waals surface area contributed by atoms with E-state index in [0.29, 0.717) is 0 Å². The first kappa shape index (κ1) is 13.4. The molecule has 0 unspecified atom stereocenters. The zero-order valence-electron chi connectivity index (χ0n) is 8.66. The highest BCUT2D eigenvalue weighted by Gasteiger charge is 2.27. The van der Waals surface area contributed by atoms with Crippen molar-refractivity contribution in [1.82, 2.24) is 0 Å². The molecule has 0 aliphatic carbocycles. The van der Waals surface area contributed by atoms with Crippen molar-refractivity contribution in [3.8, 4) is 11.5 Å². The van der Waals surface area contributed by atoms with Gasteiger partial charge < -0.3 is 14.9 Å². The number of hydrogen-bond donors (Lipinski definition) is 2. The number of benzene rings is 1. The fraction of sp³-hybridized carbons (Fsp3) is 0.200. The molecule has 17 heavy (non-hydrogen) atoms. The van der Waals surface area contributed by atoms with E-state index in [1.807, 2.05) is 0 Å². The first-order valence-corrected chi connectivity index (χ1v) is 5.30. The molecule has 0 fully saturated rings. The molecular formula is C10H8BrFO5. The highest BCUT2D eigenvalue weighted by atomic mass is 79.9. The SMILES string of the molecule is CCOC(=O)C(=O)c1c(Br)cc(F)c(O)c1O. The molecule has 0 heterocycles. The van der Waals surface area contributed by atoms with Gasteiger partial charge in [-0.25, -0.2) is 9.18 Å². The van der Waals surface area contributed by atoms with Gasteiger partial charge in [0.15, 0.2) is 17.3 Å². The van der Waals surface area contributed by atoms with Crippen LogP contribution >= 0.6 is 15.9 Å². The zero-order chi connectivity index (χ0) is 13.2. The van der Waals surface area contributed by atoms with Gasteiger partial charge in [-0.2, -0.15) is 0 Å². The van der Waals surface area contributed by atoms with E-state index in [1.54, 1.807) is 0 Å². The number of aromatic hydroxyl groups is 2. The second kappa shape index (κ2) is 5.13. The van der Waals surface area contributed by atoms with Crippen LogP contribution in [0.25, 0.3) is 0 Å². The molecule has 0 saturated carbocycles. The van der Waals surface area contributed by atoms with Gasteiger partial charge in [-0.1, -0.05) is 0 Å². The maximum atomic E-state index is 13.0. The Bertz CT molecular complexity index is 486. The monoisotopic (exact) mass is 306 g/mol. The summed E-state index contributed by atoms with van der Waals surface area (Å²) in [6, 6.07) is 0.765. The third-order valence-electron chi connectivity index (χ3n) is 1.87. The molecule has 1 aromatic carbocycles. The van der Waals surface area contributed by atoms with Crippen LogP contribution in [0.3, 0.4) is 0 Å². The molecule has 0 amide bonds. The van der Waals surface area contributed by atoms with Gasteiger partial charge in [0.25, 0.3) is 5.78 Å². The number of hydrogen-bond acceptors (Lipinski definition) is 5. The van der Waals surface area contributed by atoms with Gasteiger partial charge >= 0.3 is 5.97 Å². The Morgan fingerprint density at radius 3 is 2.53 bits per heavy atom. The van der Waals surface area contributed by atoms with Crippen molar-refractivity contribution in [3.05, 3.63) is 21.9 Å². The van der Waals surface area contributed by atoms with E-state index in [-0.39, 0.29) is 11.1 Å². The average Bonchev–Trinajstić information content (AvgIpc) is 2.26. The van der Waals surface area contributed by atoms with Gasteiger partial charge in [0.2, 0.25) is 0 Å². The fourth-order valence-electron chi connectivity index (χ4n) is 1.11.